The number of H-pyrrole nitrogens is 1. The summed E-state index contributed by atoms with van der Waals surface area (Å²) in [7, 11) is 1.93. The normalized spacial score (nSPS) is 13.3. The molecule has 1 N–H and O–H groups in total. The Balaban J connectivity index is 2.29. The molecule has 3 aromatic heterocycles. The largest absolute Gasteiger partial charge is 0.328 e. The van der Waals surface area contributed by atoms with E-state index in [1.807, 2.05) is 30.2 Å². The van der Waals surface area contributed by atoms with Crippen molar-refractivity contribution in [1.29, 1.82) is 0 Å². The van der Waals surface area contributed by atoms with Crippen LogP contribution in [0.3, 0.4) is 0 Å². The topological polar surface area (TPSA) is 51.4 Å². The van der Waals surface area contributed by atoms with Gasteiger partial charge in [-0.05, 0) is 26.1 Å². The van der Waals surface area contributed by atoms with Crippen molar-refractivity contribution in [3.05, 3.63) is 27.0 Å². The standard InChI is InChI=1S/C11H13N5S2/c1-6-8-10(15(3)14-6)16(11(17)13-8)7(2)9-12-4-5-18-9/h4-5,7H,1-3H3,(H,13,17). The Labute approximate surface area is 113 Å². The summed E-state index contributed by atoms with van der Waals surface area (Å²) < 4.78 is 4.65. The minimum absolute atomic E-state index is 0.112. The summed E-state index contributed by atoms with van der Waals surface area (Å²) in [6.07, 6.45) is 1.82. The van der Waals surface area contributed by atoms with Crippen LogP contribution in [0.2, 0.25) is 0 Å². The van der Waals surface area contributed by atoms with Gasteiger partial charge in [-0.3, -0.25) is 9.25 Å². The number of aromatic nitrogens is 5. The Morgan fingerprint density at radius 2 is 2.28 bits per heavy atom. The van der Waals surface area contributed by atoms with E-state index < -0.39 is 0 Å². The first-order chi connectivity index (χ1) is 8.59. The predicted octanol–water partition coefficient (Wildman–Crippen LogP) is 2.81. The Bertz CT molecular complexity index is 746. The number of hydrogen-bond donors (Lipinski definition) is 1. The van der Waals surface area contributed by atoms with Gasteiger partial charge in [-0.2, -0.15) is 5.10 Å². The maximum absolute atomic E-state index is 5.42. The van der Waals surface area contributed by atoms with E-state index in [-0.39, 0.29) is 6.04 Å². The zero-order valence-electron chi connectivity index (χ0n) is 10.3. The molecule has 0 saturated heterocycles. The number of hydrogen-bond acceptors (Lipinski definition) is 4. The van der Waals surface area contributed by atoms with E-state index >= 15 is 0 Å². The lowest BCUT2D eigenvalue weighted by atomic mass is 10.3. The Hall–Kier alpha value is -1.47. The van der Waals surface area contributed by atoms with Gasteiger partial charge in [-0.1, -0.05) is 0 Å². The molecule has 3 rings (SSSR count). The van der Waals surface area contributed by atoms with Crippen LogP contribution in [-0.4, -0.2) is 24.3 Å². The SMILES string of the molecule is Cc1nn(C)c2c1[nH]c(=S)n2C(C)c1nccs1. The van der Waals surface area contributed by atoms with Crippen LogP contribution >= 0.6 is 23.6 Å². The third-order valence-corrected chi connectivity index (χ3v) is 4.31. The summed E-state index contributed by atoms with van der Waals surface area (Å²) in [5.41, 5.74) is 2.98. The van der Waals surface area contributed by atoms with Crippen molar-refractivity contribution in [1.82, 2.24) is 24.3 Å². The molecule has 0 aliphatic carbocycles. The van der Waals surface area contributed by atoms with Gasteiger partial charge in [0.05, 0.1) is 11.7 Å². The smallest absolute Gasteiger partial charge is 0.179 e. The monoisotopic (exact) mass is 279 g/mol. The van der Waals surface area contributed by atoms with Gasteiger partial charge in [0.1, 0.15) is 10.5 Å². The first-order valence-electron chi connectivity index (χ1n) is 5.62. The number of nitrogens with one attached hydrogen (secondary N) is 1. The molecule has 0 saturated carbocycles. The van der Waals surface area contributed by atoms with E-state index in [1.54, 1.807) is 11.3 Å². The van der Waals surface area contributed by atoms with Gasteiger partial charge in [0.25, 0.3) is 0 Å². The van der Waals surface area contributed by atoms with Crippen LogP contribution in [0.1, 0.15) is 23.7 Å². The van der Waals surface area contributed by atoms with Gasteiger partial charge in [-0.15, -0.1) is 11.3 Å². The van der Waals surface area contributed by atoms with E-state index in [9.17, 15) is 0 Å². The molecule has 1 unspecified atom stereocenters. The van der Waals surface area contributed by atoms with Gasteiger partial charge in [0.15, 0.2) is 10.4 Å². The molecule has 3 aromatic rings. The van der Waals surface area contributed by atoms with Gasteiger partial charge in [0, 0.05) is 18.6 Å². The molecule has 0 fully saturated rings. The molecule has 3 heterocycles. The van der Waals surface area contributed by atoms with Crippen molar-refractivity contribution >= 4 is 34.7 Å². The fourth-order valence-corrected chi connectivity index (χ4v) is 3.27. The maximum atomic E-state index is 5.42. The Kier molecular flexibility index (Phi) is 2.60. The third kappa shape index (κ3) is 1.54. The molecule has 0 amide bonds. The highest BCUT2D eigenvalue weighted by molar-refractivity contribution is 7.71. The van der Waals surface area contributed by atoms with E-state index in [0.29, 0.717) is 4.77 Å². The maximum Gasteiger partial charge on any atom is 0.179 e. The number of imidazole rings is 1. The molecule has 0 aliphatic rings. The number of thiazole rings is 1. The van der Waals surface area contributed by atoms with Crippen molar-refractivity contribution < 1.29 is 0 Å². The zero-order valence-corrected chi connectivity index (χ0v) is 12.0. The molecule has 1 atom stereocenters. The number of rotatable bonds is 2. The summed E-state index contributed by atoms with van der Waals surface area (Å²) >= 11 is 7.06. The number of aromatic amines is 1. The van der Waals surface area contributed by atoms with Gasteiger partial charge >= 0.3 is 0 Å². The van der Waals surface area contributed by atoms with E-state index in [4.69, 9.17) is 12.2 Å². The zero-order chi connectivity index (χ0) is 12.9. The molecule has 0 bridgehead atoms. The van der Waals surface area contributed by atoms with Crippen LogP contribution in [0.25, 0.3) is 11.2 Å². The van der Waals surface area contributed by atoms with Crippen LogP contribution in [0.4, 0.5) is 0 Å². The summed E-state index contributed by atoms with van der Waals surface area (Å²) in [5, 5.41) is 7.44. The molecular weight excluding hydrogens is 266 g/mol. The third-order valence-electron chi connectivity index (χ3n) is 3.07. The van der Waals surface area contributed by atoms with Crippen LogP contribution in [-0.2, 0) is 7.05 Å². The lowest BCUT2D eigenvalue weighted by molar-refractivity contribution is 0.617. The number of fused-ring (bicyclic) bond motifs is 1. The van der Waals surface area contributed by atoms with Crippen LogP contribution in [0, 0.1) is 11.7 Å². The van der Waals surface area contributed by atoms with Crippen LogP contribution < -0.4 is 0 Å². The molecule has 7 heteroatoms. The van der Waals surface area contributed by atoms with Crippen molar-refractivity contribution in [2.75, 3.05) is 0 Å². The van der Waals surface area contributed by atoms with E-state index in [2.05, 4.69) is 26.6 Å². The first-order valence-corrected chi connectivity index (χ1v) is 6.91. The van der Waals surface area contributed by atoms with E-state index in [0.717, 1.165) is 21.9 Å². The molecule has 94 valence electrons. The second kappa shape index (κ2) is 4.03. The Morgan fingerprint density at radius 1 is 1.50 bits per heavy atom. The predicted molar refractivity (Wildman–Crippen MR) is 74.6 cm³/mol. The molecule has 18 heavy (non-hydrogen) atoms. The van der Waals surface area contributed by atoms with Crippen molar-refractivity contribution in [3.63, 3.8) is 0 Å². The minimum Gasteiger partial charge on any atom is -0.328 e. The highest BCUT2D eigenvalue weighted by Gasteiger charge is 2.19. The Morgan fingerprint density at radius 3 is 2.94 bits per heavy atom. The minimum atomic E-state index is 0.112. The van der Waals surface area contributed by atoms with Gasteiger partial charge in [-0.25, -0.2) is 4.98 Å². The second-order valence-corrected chi connectivity index (χ2v) is 5.57. The average molecular weight is 279 g/mol. The highest BCUT2D eigenvalue weighted by Crippen LogP contribution is 2.26. The number of aryl methyl sites for hydroxylation is 2. The summed E-state index contributed by atoms with van der Waals surface area (Å²) in [6, 6.07) is 0.112. The lowest BCUT2D eigenvalue weighted by Crippen LogP contribution is -2.09. The molecule has 0 radical (unpaired) electrons. The highest BCUT2D eigenvalue weighted by atomic mass is 32.1. The quantitative estimate of drug-likeness (QED) is 0.734. The summed E-state index contributed by atoms with van der Waals surface area (Å²) in [5.74, 6) is 0. The molecule has 0 spiro atoms. The van der Waals surface area contributed by atoms with Crippen LogP contribution in [0.5, 0.6) is 0 Å². The number of nitrogens with zero attached hydrogens (tertiary/aromatic N) is 4. The van der Waals surface area contributed by atoms with Crippen LogP contribution in [0.15, 0.2) is 11.6 Å². The average Bonchev–Trinajstić information content (AvgIpc) is 2.98. The molecule has 0 aliphatic heterocycles. The van der Waals surface area contributed by atoms with E-state index in [1.165, 1.54) is 0 Å². The van der Waals surface area contributed by atoms with Crippen molar-refractivity contribution in [3.8, 4) is 0 Å². The fraction of sp³-hybridized carbons (Fsp3) is 0.364. The lowest BCUT2D eigenvalue weighted by Gasteiger charge is -2.11. The molecular formula is C11H13N5S2. The van der Waals surface area contributed by atoms with Crippen molar-refractivity contribution in [2.45, 2.75) is 19.9 Å². The van der Waals surface area contributed by atoms with Gasteiger partial charge < -0.3 is 4.98 Å². The first kappa shape index (κ1) is 11.6. The molecule has 5 nitrogen and oxygen atoms in total. The molecule has 0 aromatic carbocycles. The fourth-order valence-electron chi connectivity index (χ4n) is 2.24. The second-order valence-electron chi connectivity index (χ2n) is 4.25. The van der Waals surface area contributed by atoms with Gasteiger partial charge in [0.2, 0.25) is 0 Å². The van der Waals surface area contributed by atoms with Crippen molar-refractivity contribution in [2.24, 2.45) is 7.05 Å². The summed E-state index contributed by atoms with van der Waals surface area (Å²) in [6.45, 7) is 4.08. The summed E-state index contributed by atoms with van der Waals surface area (Å²) in [4.78, 5) is 7.59.